The third kappa shape index (κ3) is 2.76. The average molecular weight is 286 g/mol. The molecule has 21 heavy (non-hydrogen) atoms. The first-order valence-corrected chi connectivity index (χ1v) is 8.52. The fourth-order valence-corrected chi connectivity index (χ4v) is 4.55. The molecule has 1 N–H and O–H groups in total. The van der Waals surface area contributed by atoms with Crippen molar-refractivity contribution in [1.29, 1.82) is 0 Å². The number of hydrogen-bond acceptors (Lipinski definition) is 2. The van der Waals surface area contributed by atoms with Gasteiger partial charge in [0.15, 0.2) is 0 Å². The summed E-state index contributed by atoms with van der Waals surface area (Å²) in [5, 5.41) is 3.59. The highest BCUT2D eigenvalue weighted by atomic mass is 15.3. The van der Waals surface area contributed by atoms with Crippen LogP contribution in [-0.2, 0) is 0 Å². The SMILES string of the molecule is CC(C)CC(c1ccccc1)N1CC2CNCC2C1(C)C. The second-order valence-electron chi connectivity index (χ2n) is 7.89. The predicted molar refractivity (Wildman–Crippen MR) is 89.3 cm³/mol. The summed E-state index contributed by atoms with van der Waals surface area (Å²) in [6, 6.07) is 11.7. The van der Waals surface area contributed by atoms with Crippen LogP contribution in [0, 0.1) is 17.8 Å². The molecule has 1 aromatic rings. The van der Waals surface area contributed by atoms with Gasteiger partial charge < -0.3 is 5.32 Å². The van der Waals surface area contributed by atoms with Gasteiger partial charge in [-0.25, -0.2) is 0 Å². The van der Waals surface area contributed by atoms with Gasteiger partial charge in [0.25, 0.3) is 0 Å². The van der Waals surface area contributed by atoms with Crippen LogP contribution >= 0.6 is 0 Å². The van der Waals surface area contributed by atoms with Crippen LogP contribution in [0.5, 0.6) is 0 Å². The molecule has 116 valence electrons. The Bertz CT molecular complexity index is 466. The Morgan fingerprint density at radius 1 is 1.19 bits per heavy atom. The zero-order chi connectivity index (χ0) is 15.0. The number of nitrogens with zero attached hydrogens (tertiary/aromatic N) is 1. The van der Waals surface area contributed by atoms with Crippen molar-refractivity contribution in [2.24, 2.45) is 17.8 Å². The van der Waals surface area contributed by atoms with E-state index in [1.807, 2.05) is 0 Å². The van der Waals surface area contributed by atoms with Crippen molar-refractivity contribution in [2.75, 3.05) is 19.6 Å². The zero-order valence-corrected chi connectivity index (χ0v) is 14.0. The van der Waals surface area contributed by atoms with E-state index in [1.165, 1.54) is 31.6 Å². The van der Waals surface area contributed by atoms with Crippen LogP contribution in [-0.4, -0.2) is 30.1 Å². The Kier molecular flexibility index (Phi) is 4.11. The van der Waals surface area contributed by atoms with Crippen LogP contribution in [0.2, 0.25) is 0 Å². The van der Waals surface area contributed by atoms with Gasteiger partial charge in [-0.2, -0.15) is 0 Å². The van der Waals surface area contributed by atoms with Gasteiger partial charge in [0.2, 0.25) is 0 Å². The van der Waals surface area contributed by atoms with E-state index >= 15 is 0 Å². The number of fused-ring (bicyclic) bond motifs is 1. The summed E-state index contributed by atoms with van der Waals surface area (Å²) >= 11 is 0. The average Bonchev–Trinajstić information content (AvgIpc) is 3.00. The lowest BCUT2D eigenvalue weighted by Gasteiger charge is -2.42. The highest BCUT2D eigenvalue weighted by Gasteiger charge is 2.51. The van der Waals surface area contributed by atoms with Gasteiger partial charge in [0.1, 0.15) is 0 Å². The van der Waals surface area contributed by atoms with Crippen LogP contribution in [0.15, 0.2) is 30.3 Å². The van der Waals surface area contributed by atoms with Crippen LogP contribution in [0.3, 0.4) is 0 Å². The largest absolute Gasteiger partial charge is 0.316 e. The number of nitrogens with one attached hydrogen (secondary N) is 1. The van der Waals surface area contributed by atoms with E-state index in [4.69, 9.17) is 0 Å². The molecule has 0 bridgehead atoms. The minimum absolute atomic E-state index is 0.295. The Labute approximate surface area is 129 Å². The highest BCUT2D eigenvalue weighted by molar-refractivity contribution is 5.21. The van der Waals surface area contributed by atoms with Gasteiger partial charge in [-0.1, -0.05) is 44.2 Å². The summed E-state index contributed by atoms with van der Waals surface area (Å²) in [5.74, 6) is 2.36. The molecule has 2 heteroatoms. The fraction of sp³-hybridized carbons (Fsp3) is 0.684. The third-order valence-corrected chi connectivity index (χ3v) is 5.67. The lowest BCUT2D eigenvalue weighted by atomic mass is 9.83. The number of hydrogen-bond donors (Lipinski definition) is 1. The van der Waals surface area contributed by atoms with Crippen LogP contribution in [0.4, 0.5) is 0 Å². The second kappa shape index (κ2) is 5.73. The molecule has 0 radical (unpaired) electrons. The Morgan fingerprint density at radius 2 is 1.90 bits per heavy atom. The van der Waals surface area contributed by atoms with E-state index in [2.05, 4.69) is 68.2 Å². The van der Waals surface area contributed by atoms with Crippen molar-refractivity contribution in [3.8, 4) is 0 Å². The minimum Gasteiger partial charge on any atom is -0.316 e. The molecule has 3 unspecified atom stereocenters. The number of likely N-dealkylation sites (tertiary alicyclic amines) is 1. The highest BCUT2D eigenvalue weighted by Crippen LogP contribution is 2.46. The molecule has 2 fully saturated rings. The van der Waals surface area contributed by atoms with Gasteiger partial charge >= 0.3 is 0 Å². The van der Waals surface area contributed by atoms with E-state index in [-0.39, 0.29) is 0 Å². The van der Waals surface area contributed by atoms with Crippen molar-refractivity contribution < 1.29 is 0 Å². The summed E-state index contributed by atoms with van der Waals surface area (Å²) < 4.78 is 0. The fourth-order valence-electron chi connectivity index (χ4n) is 4.55. The van der Waals surface area contributed by atoms with Gasteiger partial charge in [-0.05, 0) is 50.1 Å². The Balaban J connectivity index is 1.90. The molecular formula is C19H30N2. The predicted octanol–water partition coefficient (Wildman–Crippen LogP) is 3.70. The van der Waals surface area contributed by atoms with Crippen molar-refractivity contribution >= 4 is 0 Å². The summed E-state index contributed by atoms with van der Waals surface area (Å²) in [4.78, 5) is 2.80. The molecule has 2 saturated heterocycles. The maximum atomic E-state index is 3.59. The molecule has 0 aromatic heterocycles. The van der Waals surface area contributed by atoms with Gasteiger partial charge in [-0.3, -0.25) is 4.90 Å². The first-order valence-electron chi connectivity index (χ1n) is 8.52. The Hall–Kier alpha value is -0.860. The molecule has 0 aliphatic carbocycles. The quantitative estimate of drug-likeness (QED) is 0.908. The number of rotatable bonds is 4. The molecule has 2 nitrogen and oxygen atoms in total. The van der Waals surface area contributed by atoms with Crippen LogP contribution in [0.25, 0.3) is 0 Å². The van der Waals surface area contributed by atoms with E-state index in [9.17, 15) is 0 Å². The summed E-state index contributed by atoms with van der Waals surface area (Å²) in [7, 11) is 0. The van der Waals surface area contributed by atoms with E-state index in [0.29, 0.717) is 11.6 Å². The van der Waals surface area contributed by atoms with Crippen LogP contribution < -0.4 is 5.32 Å². The molecule has 3 atom stereocenters. The summed E-state index contributed by atoms with van der Waals surface area (Å²) in [6.45, 7) is 13.3. The monoisotopic (exact) mass is 286 g/mol. The van der Waals surface area contributed by atoms with E-state index in [0.717, 1.165) is 17.8 Å². The maximum Gasteiger partial charge on any atom is 0.0356 e. The van der Waals surface area contributed by atoms with Gasteiger partial charge in [0, 0.05) is 24.7 Å². The summed E-state index contributed by atoms with van der Waals surface area (Å²) in [6.07, 6.45) is 1.25. The second-order valence-corrected chi connectivity index (χ2v) is 7.89. The number of benzene rings is 1. The summed E-state index contributed by atoms with van der Waals surface area (Å²) in [5.41, 5.74) is 1.79. The van der Waals surface area contributed by atoms with Crippen LogP contribution in [0.1, 0.15) is 45.7 Å². The smallest absolute Gasteiger partial charge is 0.0356 e. The molecular weight excluding hydrogens is 256 g/mol. The van der Waals surface area contributed by atoms with Crippen molar-refractivity contribution in [1.82, 2.24) is 10.2 Å². The molecule has 0 saturated carbocycles. The molecule has 2 heterocycles. The minimum atomic E-state index is 0.295. The first kappa shape index (κ1) is 15.1. The van der Waals surface area contributed by atoms with Gasteiger partial charge in [-0.15, -0.1) is 0 Å². The molecule has 1 aromatic carbocycles. The zero-order valence-electron chi connectivity index (χ0n) is 14.0. The lowest BCUT2D eigenvalue weighted by molar-refractivity contribution is 0.0767. The molecule has 3 rings (SSSR count). The Morgan fingerprint density at radius 3 is 2.52 bits per heavy atom. The first-order chi connectivity index (χ1) is 10.00. The van der Waals surface area contributed by atoms with Gasteiger partial charge in [0.05, 0.1) is 0 Å². The molecule has 0 amide bonds. The maximum absolute atomic E-state index is 3.59. The third-order valence-electron chi connectivity index (χ3n) is 5.67. The van der Waals surface area contributed by atoms with Crippen molar-refractivity contribution in [2.45, 2.75) is 45.7 Å². The molecule has 2 aliphatic heterocycles. The van der Waals surface area contributed by atoms with Crippen molar-refractivity contribution in [3.63, 3.8) is 0 Å². The standard InChI is InChI=1S/C19H30N2/c1-14(2)10-18(15-8-6-5-7-9-15)21-13-16-11-20-12-17(16)19(21,3)4/h5-9,14,16-18,20H,10-13H2,1-4H3. The van der Waals surface area contributed by atoms with Crippen molar-refractivity contribution in [3.05, 3.63) is 35.9 Å². The normalized spacial score (nSPS) is 29.8. The molecule has 0 spiro atoms. The molecule has 2 aliphatic rings. The van der Waals surface area contributed by atoms with E-state index < -0.39 is 0 Å². The lowest BCUT2D eigenvalue weighted by Crippen LogP contribution is -2.46. The topological polar surface area (TPSA) is 15.3 Å². The van der Waals surface area contributed by atoms with E-state index in [1.54, 1.807) is 0 Å².